The van der Waals surface area contributed by atoms with Crippen LogP contribution in [0.5, 0.6) is 0 Å². The number of nitrogens with zero attached hydrogens (tertiary/aromatic N) is 2. The summed E-state index contributed by atoms with van der Waals surface area (Å²) in [4.78, 5) is 23.7. The number of aliphatic carboxylic acids is 1. The summed E-state index contributed by atoms with van der Waals surface area (Å²) in [5.74, 6) is -1.16. The first-order valence-electron chi connectivity index (χ1n) is 3.51. The second kappa shape index (κ2) is 4.01. The molecule has 1 aromatic heterocycles. The summed E-state index contributed by atoms with van der Waals surface area (Å²) < 4.78 is 0. The van der Waals surface area contributed by atoms with Crippen LogP contribution in [0, 0.1) is 10.1 Å². The fraction of sp³-hybridized carbons (Fsp3) is 0.143. The second-order valence-corrected chi connectivity index (χ2v) is 2.85. The zero-order valence-corrected chi connectivity index (χ0v) is 7.56. The number of hydrogen-bond donors (Lipinski definition) is 1. The molecule has 0 amide bonds. The molecule has 7 heteroatoms. The van der Waals surface area contributed by atoms with Crippen molar-refractivity contribution >= 4 is 23.3 Å². The van der Waals surface area contributed by atoms with Gasteiger partial charge in [0.05, 0.1) is 23.0 Å². The second-order valence-electron chi connectivity index (χ2n) is 2.46. The number of nitro groups is 1. The van der Waals surface area contributed by atoms with E-state index in [1.165, 1.54) is 0 Å². The van der Waals surface area contributed by atoms with Gasteiger partial charge in [0.1, 0.15) is 5.15 Å². The van der Waals surface area contributed by atoms with E-state index in [0.717, 1.165) is 12.3 Å². The summed E-state index contributed by atoms with van der Waals surface area (Å²) in [7, 11) is 0. The summed E-state index contributed by atoms with van der Waals surface area (Å²) in [6, 6.07) is 1.03. The maximum atomic E-state index is 10.5. The third-order valence-corrected chi connectivity index (χ3v) is 1.67. The third-order valence-electron chi connectivity index (χ3n) is 1.47. The van der Waals surface area contributed by atoms with Gasteiger partial charge >= 0.3 is 5.97 Å². The molecule has 1 N–H and O–H groups in total. The zero-order chi connectivity index (χ0) is 10.7. The molecule has 1 aromatic rings. The summed E-state index contributed by atoms with van der Waals surface area (Å²) >= 11 is 5.43. The topological polar surface area (TPSA) is 93.3 Å². The number of halogens is 1. The normalized spacial score (nSPS) is 9.79. The maximum absolute atomic E-state index is 10.5. The van der Waals surface area contributed by atoms with Crippen LogP contribution in [0.4, 0.5) is 5.69 Å². The SMILES string of the molecule is O=C(O)Cc1cnc(Cl)cc1[N+](=O)[O-]. The Morgan fingerprint density at radius 1 is 1.71 bits per heavy atom. The van der Waals surface area contributed by atoms with E-state index in [9.17, 15) is 14.9 Å². The molecule has 0 saturated carbocycles. The van der Waals surface area contributed by atoms with Crippen molar-refractivity contribution in [2.24, 2.45) is 0 Å². The molecule has 0 unspecified atom stereocenters. The minimum absolute atomic E-state index is 0.0342. The Balaban J connectivity index is 3.14. The Labute approximate surface area is 83.3 Å². The molecule has 6 nitrogen and oxygen atoms in total. The van der Waals surface area contributed by atoms with Gasteiger partial charge in [-0.25, -0.2) is 4.98 Å². The highest BCUT2D eigenvalue weighted by atomic mass is 35.5. The predicted octanol–water partition coefficient (Wildman–Crippen LogP) is 1.27. The van der Waals surface area contributed by atoms with Crippen molar-refractivity contribution in [3.63, 3.8) is 0 Å². The van der Waals surface area contributed by atoms with E-state index in [1.807, 2.05) is 0 Å². The minimum atomic E-state index is -1.16. The van der Waals surface area contributed by atoms with Gasteiger partial charge in [0, 0.05) is 6.20 Å². The molecule has 0 saturated heterocycles. The molecule has 0 aromatic carbocycles. The van der Waals surface area contributed by atoms with Crippen LogP contribution < -0.4 is 0 Å². The molecule has 0 spiro atoms. The number of carboxylic acids is 1. The van der Waals surface area contributed by atoms with Crippen LogP contribution in [-0.4, -0.2) is 21.0 Å². The average molecular weight is 217 g/mol. The van der Waals surface area contributed by atoms with Crippen molar-refractivity contribution < 1.29 is 14.8 Å². The van der Waals surface area contributed by atoms with Gasteiger partial charge in [0.2, 0.25) is 0 Å². The molecule has 0 atom stereocenters. The van der Waals surface area contributed by atoms with Gasteiger partial charge < -0.3 is 5.11 Å². The average Bonchev–Trinajstić information content (AvgIpc) is 2.07. The largest absolute Gasteiger partial charge is 0.481 e. The van der Waals surface area contributed by atoms with E-state index in [4.69, 9.17) is 16.7 Å². The molecule has 74 valence electrons. The number of carboxylic acid groups (broad SMARTS) is 1. The lowest BCUT2D eigenvalue weighted by Crippen LogP contribution is -2.04. The fourth-order valence-corrected chi connectivity index (χ4v) is 1.07. The van der Waals surface area contributed by atoms with Gasteiger partial charge in [0.25, 0.3) is 5.69 Å². The van der Waals surface area contributed by atoms with E-state index in [0.29, 0.717) is 0 Å². The highest BCUT2D eigenvalue weighted by Crippen LogP contribution is 2.21. The lowest BCUT2D eigenvalue weighted by atomic mass is 10.2. The van der Waals surface area contributed by atoms with Crippen molar-refractivity contribution in [2.75, 3.05) is 0 Å². The Bertz CT molecular complexity index is 393. The summed E-state index contributed by atoms with van der Waals surface area (Å²) in [6.45, 7) is 0. The van der Waals surface area contributed by atoms with Gasteiger partial charge in [-0.15, -0.1) is 0 Å². The maximum Gasteiger partial charge on any atom is 0.308 e. The van der Waals surface area contributed by atoms with E-state index in [1.54, 1.807) is 0 Å². The Hall–Kier alpha value is -1.69. The van der Waals surface area contributed by atoms with Crippen LogP contribution in [0.2, 0.25) is 5.15 Å². The quantitative estimate of drug-likeness (QED) is 0.467. The van der Waals surface area contributed by atoms with E-state index in [2.05, 4.69) is 4.98 Å². The molecular formula is C7H5ClN2O4. The van der Waals surface area contributed by atoms with Crippen LogP contribution in [-0.2, 0) is 11.2 Å². The van der Waals surface area contributed by atoms with Crippen LogP contribution in [0.15, 0.2) is 12.3 Å². The molecule has 0 radical (unpaired) electrons. The molecular weight excluding hydrogens is 212 g/mol. The van der Waals surface area contributed by atoms with Gasteiger partial charge in [0.15, 0.2) is 0 Å². The Kier molecular flexibility index (Phi) is 2.98. The molecule has 0 aliphatic rings. The molecule has 0 bridgehead atoms. The highest BCUT2D eigenvalue weighted by molar-refractivity contribution is 6.29. The molecule has 0 fully saturated rings. The van der Waals surface area contributed by atoms with Crippen molar-refractivity contribution in [2.45, 2.75) is 6.42 Å². The lowest BCUT2D eigenvalue weighted by Gasteiger charge is -1.98. The summed E-state index contributed by atoms with van der Waals surface area (Å²) in [5.41, 5.74) is -0.292. The standard InChI is InChI=1S/C7H5ClN2O4/c8-6-2-5(10(13)14)4(3-9-6)1-7(11)12/h2-3H,1H2,(H,11,12). The fourth-order valence-electron chi connectivity index (χ4n) is 0.918. The smallest absolute Gasteiger partial charge is 0.308 e. The molecule has 14 heavy (non-hydrogen) atoms. The van der Waals surface area contributed by atoms with Crippen molar-refractivity contribution in [3.05, 3.63) is 33.1 Å². The zero-order valence-electron chi connectivity index (χ0n) is 6.81. The van der Waals surface area contributed by atoms with Crippen LogP contribution >= 0.6 is 11.6 Å². The van der Waals surface area contributed by atoms with Gasteiger partial charge in [-0.05, 0) is 0 Å². The van der Waals surface area contributed by atoms with Crippen LogP contribution in [0.3, 0.4) is 0 Å². The molecule has 1 heterocycles. The van der Waals surface area contributed by atoms with Crippen molar-refractivity contribution in [1.29, 1.82) is 0 Å². The van der Waals surface area contributed by atoms with E-state index >= 15 is 0 Å². The van der Waals surface area contributed by atoms with E-state index in [-0.39, 0.29) is 16.4 Å². The van der Waals surface area contributed by atoms with Gasteiger partial charge in [-0.2, -0.15) is 0 Å². The number of pyridine rings is 1. The van der Waals surface area contributed by atoms with Crippen LogP contribution in [0.25, 0.3) is 0 Å². The van der Waals surface area contributed by atoms with Crippen molar-refractivity contribution in [3.8, 4) is 0 Å². The first-order chi connectivity index (χ1) is 6.50. The van der Waals surface area contributed by atoms with Gasteiger partial charge in [-0.3, -0.25) is 14.9 Å². The summed E-state index contributed by atoms with van der Waals surface area (Å²) in [6.07, 6.45) is 0.648. The van der Waals surface area contributed by atoms with Gasteiger partial charge in [-0.1, -0.05) is 11.6 Å². The molecule has 1 rings (SSSR count). The minimum Gasteiger partial charge on any atom is -0.481 e. The summed E-state index contributed by atoms with van der Waals surface area (Å²) in [5, 5.41) is 18.9. The Morgan fingerprint density at radius 3 is 2.86 bits per heavy atom. The highest BCUT2D eigenvalue weighted by Gasteiger charge is 2.17. The molecule has 0 aliphatic carbocycles. The first kappa shape index (κ1) is 10.4. The predicted molar refractivity (Wildman–Crippen MR) is 47.2 cm³/mol. The number of rotatable bonds is 3. The van der Waals surface area contributed by atoms with Crippen molar-refractivity contribution in [1.82, 2.24) is 4.98 Å². The van der Waals surface area contributed by atoms with E-state index < -0.39 is 17.3 Å². The van der Waals surface area contributed by atoms with Crippen LogP contribution in [0.1, 0.15) is 5.56 Å². The number of aromatic nitrogens is 1. The number of carbonyl (C=O) groups is 1. The third kappa shape index (κ3) is 2.40. The lowest BCUT2D eigenvalue weighted by molar-refractivity contribution is -0.385. The first-order valence-corrected chi connectivity index (χ1v) is 3.89. The monoisotopic (exact) mass is 216 g/mol. The Morgan fingerprint density at radius 2 is 2.36 bits per heavy atom. The molecule has 0 aliphatic heterocycles. The number of hydrogen-bond acceptors (Lipinski definition) is 4.